The molecule has 3 aromatic rings. The molecule has 2 aliphatic rings. The third-order valence-electron chi connectivity index (χ3n) is 7.58. The van der Waals surface area contributed by atoms with Crippen LogP contribution >= 0.6 is 0 Å². The zero-order valence-corrected chi connectivity index (χ0v) is 24.1. The van der Waals surface area contributed by atoms with E-state index in [2.05, 4.69) is 15.4 Å². The molecule has 44 heavy (non-hydrogen) atoms. The van der Waals surface area contributed by atoms with Gasteiger partial charge in [-0.25, -0.2) is 0 Å². The van der Waals surface area contributed by atoms with E-state index in [4.69, 9.17) is 4.74 Å². The number of amides is 2. The van der Waals surface area contributed by atoms with Gasteiger partial charge in [-0.05, 0) is 49.1 Å². The third-order valence-corrected chi connectivity index (χ3v) is 7.58. The van der Waals surface area contributed by atoms with Crippen LogP contribution in [0.25, 0.3) is 16.9 Å². The van der Waals surface area contributed by atoms with Crippen LogP contribution in [0.1, 0.15) is 48.5 Å². The molecule has 0 atom stereocenters. The summed E-state index contributed by atoms with van der Waals surface area (Å²) in [5.74, 6) is -4.73. The molecule has 4 heterocycles. The summed E-state index contributed by atoms with van der Waals surface area (Å²) >= 11 is 0. The first-order valence-corrected chi connectivity index (χ1v) is 13.8. The summed E-state index contributed by atoms with van der Waals surface area (Å²) in [6.45, 7) is 3.29. The number of hydrogen-bond acceptors (Lipinski definition) is 6. The van der Waals surface area contributed by atoms with Crippen LogP contribution in [0.4, 0.5) is 27.6 Å². The molecule has 2 aliphatic heterocycles. The number of aryl methyl sites for hydroxylation is 1. The molecular weight excluding hydrogens is 591 g/mol. The Morgan fingerprint density at radius 3 is 2.52 bits per heavy atom. The van der Waals surface area contributed by atoms with E-state index >= 15 is 8.78 Å². The van der Waals surface area contributed by atoms with Crippen molar-refractivity contribution in [3.8, 4) is 0 Å². The summed E-state index contributed by atoms with van der Waals surface area (Å²) in [5, 5.41) is 6.90. The summed E-state index contributed by atoms with van der Waals surface area (Å²) in [4.78, 5) is 44.5. The summed E-state index contributed by atoms with van der Waals surface area (Å²) in [7, 11) is 0. The SMILES string of the molecule is CCc1c(C2=CCN(C(C)=O)CC2(F)F)c(=O)n2nc(C3=CCOCC3)nc2n1CC(=O)Nc1ccc(C(F)(F)F)cc1C. The largest absolute Gasteiger partial charge is 0.416 e. The number of benzene rings is 1. The molecule has 0 fully saturated rings. The van der Waals surface area contributed by atoms with Gasteiger partial charge in [0.1, 0.15) is 6.54 Å². The number of alkyl halides is 5. The van der Waals surface area contributed by atoms with E-state index in [-0.39, 0.29) is 47.1 Å². The molecule has 234 valence electrons. The number of nitrogens with one attached hydrogen (secondary N) is 1. The van der Waals surface area contributed by atoms with Gasteiger partial charge in [0.2, 0.25) is 17.6 Å². The summed E-state index contributed by atoms with van der Waals surface area (Å²) in [6.07, 6.45) is -1.22. The van der Waals surface area contributed by atoms with Gasteiger partial charge in [0.15, 0.2) is 5.82 Å². The van der Waals surface area contributed by atoms with Crippen molar-refractivity contribution in [1.82, 2.24) is 24.1 Å². The van der Waals surface area contributed by atoms with Gasteiger partial charge in [0.25, 0.3) is 11.5 Å². The second kappa shape index (κ2) is 11.6. The van der Waals surface area contributed by atoms with Crippen molar-refractivity contribution < 1.29 is 36.3 Å². The number of nitrogens with zero attached hydrogens (tertiary/aromatic N) is 5. The first kappa shape index (κ1) is 31.0. The van der Waals surface area contributed by atoms with Gasteiger partial charge in [0.05, 0.1) is 30.9 Å². The molecule has 0 unspecified atom stereocenters. The van der Waals surface area contributed by atoms with E-state index in [1.807, 2.05) is 0 Å². The zero-order valence-electron chi connectivity index (χ0n) is 24.1. The van der Waals surface area contributed by atoms with E-state index in [0.717, 1.165) is 33.7 Å². The lowest BCUT2D eigenvalue weighted by molar-refractivity contribution is -0.137. The van der Waals surface area contributed by atoms with Crippen LogP contribution in [0.3, 0.4) is 0 Å². The van der Waals surface area contributed by atoms with Gasteiger partial charge in [-0.15, -0.1) is 5.10 Å². The van der Waals surface area contributed by atoms with E-state index in [9.17, 15) is 27.6 Å². The number of hydrogen-bond donors (Lipinski definition) is 1. The molecule has 1 N–H and O–H groups in total. The molecule has 2 aromatic heterocycles. The predicted octanol–water partition coefficient (Wildman–Crippen LogP) is 4.10. The molecule has 0 spiro atoms. The lowest BCUT2D eigenvalue weighted by Gasteiger charge is -2.33. The number of ether oxygens (including phenoxy) is 1. The van der Waals surface area contributed by atoms with Crippen LogP contribution in [0.15, 0.2) is 35.1 Å². The highest BCUT2D eigenvalue weighted by atomic mass is 19.4. The quantitative estimate of drug-likeness (QED) is 0.416. The number of halogens is 5. The highest BCUT2D eigenvalue weighted by Crippen LogP contribution is 2.37. The van der Waals surface area contributed by atoms with Gasteiger partial charge in [-0.2, -0.15) is 31.5 Å². The summed E-state index contributed by atoms with van der Waals surface area (Å²) < 4.78 is 78.1. The smallest absolute Gasteiger partial charge is 0.377 e. The maximum atomic E-state index is 15.6. The number of aromatic nitrogens is 4. The molecule has 0 aliphatic carbocycles. The average Bonchev–Trinajstić information content (AvgIpc) is 3.41. The molecule has 15 heteroatoms. The molecule has 2 amide bonds. The van der Waals surface area contributed by atoms with Crippen molar-refractivity contribution in [3.05, 3.63) is 68.9 Å². The van der Waals surface area contributed by atoms with Crippen molar-refractivity contribution in [2.75, 3.05) is 31.6 Å². The van der Waals surface area contributed by atoms with E-state index in [1.54, 1.807) is 13.0 Å². The van der Waals surface area contributed by atoms with Crippen molar-refractivity contribution in [3.63, 3.8) is 0 Å². The van der Waals surface area contributed by atoms with Crippen LogP contribution in [-0.2, 0) is 33.5 Å². The molecule has 10 nitrogen and oxygen atoms in total. The highest BCUT2D eigenvalue weighted by Gasteiger charge is 2.43. The van der Waals surface area contributed by atoms with Gasteiger partial charge in [-0.3, -0.25) is 14.4 Å². The zero-order chi connectivity index (χ0) is 32.0. The fourth-order valence-electron chi connectivity index (χ4n) is 5.35. The van der Waals surface area contributed by atoms with Crippen LogP contribution < -0.4 is 10.9 Å². The fourth-order valence-corrected chi connectivity index (χ4v) is 5.35. The molecule has 1 aromatic carbocycles. The Hall–Kier alpha value is -4.40. The fraction of sp³-hybridized carbons (Fsp3) is 0.414. The van der Waals surface area contributed by atoms with Crippen LogP contribution in [0.2, 0.25) is 0 Å². The monoisotopic (exact) mass is 620 g/mol. The van der Waals surface area contributed by atoms with Crippen LogP contribution in [-0.4, -0.2) is 68.1 Å². The molecule has 0 saturated heterocycles. The van der Waals surface area contributed by atoms with Gasteiger partial charge < -0.3 is 19.5 Å². The van der Waals surface area contributed by atoms with Crippen LogP contribution in [0.5, 0.6) is 0 Å². The Kier molecular flexibility index (Phi) is 8.18. The number of fused-ring (bicyclic) bond motifs is 1. The van der Waals surface area contributed by atoms with Gasteiger partial charge >= 0.3 is 6.18 Å². The number of carbonyl (C=O) groups excluding carboxylic acids is 2. The molecule has 0 bridgehead atoms. The van der Waals surface area contributed by atoms with E-state index in [1.165, 1.54) is 18.4 Å². The van der Waals surface area contributed by atoms with Crippen molar-refractivity contribution in [2.45, 2.75) is 52.3 Å². The Labute approximate surface area is 247 Å². The minimum absolute atomic E-state index is 0.0379. The summed E-state index contributed by atoms with van der Waals surface area (Å²) in [5.41, 5.74) is -1.64. The Bertz CT molecular complexity index is 1770. The van der Waals surface area contributed by atoms with Gasteiger partial charge in [-0.1, -0.05) is 19.1 Å². The maximum absolute atomic E-state index is 15.6. The molecule has 0 saturated carbocycles. The predicted molar refractivity (Wildman–Crippen MR) is 150 cm³/mol. The van der Waals surface area contributed by atoms with E-state index in [0.29, 0.717) is 25.2 Å². The Morgan fingerprint density at radius 1 is 1.18 bits per heavy atom. The van der Waals surface area contributed by atoms with Crippen molar-refractivity contribution in [1.29, 1.82) is 0 Å². The topological polar surface area (TPSA) is 111 Å². The van der Waals surface area contributed by atoms with Gasteiger partial charge in [0, 0.05) is 30.4 Å². The Morgan fingerprint density at radius 2 is 1.93 bits per heavy atom. The van der Waals surface area contributed by atoms with Crippen LogP contribution in [0, 0.1) is 6.92 Å². The number of carbonyl (C=O) groups is 2. The average molecular weight is 621 g/mol. The second-order valence-corrected chi connectivity index (χ2v) is 10.6. The van der Waals surface area contributed by atoms with Crippen molar-refractivity contribution >= 4 is 34.4 Å². The lowest BCUT2D eigenvalue weighted by atomic mass is 9.94. The molecular formula is C29H29F5N6O4. The minimum Gasteiger partial charge on any atom is -0.377 e. The normalized spacial score (nSPS) is 17.0. The first-order valence-electron chi connectivity index (χ1n) is 13.8. The second-order valence-electron chi connectivity index (χ2n) is 10.6. The maximum Gasteiger partial charge on any atom is 0.416 e. The third kappa shape index (κ3) is 5.87. The first-order chi connectivity index (χ1) is 20.7. The standard InChI is InChI=1S/C29H29F5N6O4/c1-4-22-24(20-7-10-38(17(3)41)15-28(20,30)31)26(43)40-27(36-25(37-40)18-8-11-44-12-9-18)39(22)14-23(42)35-21-6-5-19(13-16(21)2)29(32,33)34/h5-8,13H,4,9-12,14-15H2,1-3H3,(H,35,42). The number of rotatable bonds is 6. The number of anilines is 1. The lowest BCUT2D eigenvalue weighted by Crippen LogP contribution is -2.45. The highest BCUT2D eigenvalue weighted by molar-refractivity contribution is 5.92. The van der Waals surface area contributed by atoms with E-state index < -0.39 is 53.7 Å². The minimum atomic E-state index is -4.57. The summed E-state index contributed by atoms with van der Waals surface area (Å²) in [6, 6.07) is 2.87. The molecule has 5 rings (SSSR count). The Balaban J connectivity index is 1.64. The molecule has 0 radical (unpaired) electrons. The van der Waals surface area contributed by atoms with Crippen molar-refractivity contribution in [2.24, 2.45) is 0 Å².